The minimum Gasteiger partial charge on any atom is -0.322 e. The molecule has 0 saturated carbocycles. The van der Waals surface area contributed by atoms with E-state index in [4.69, 9.17) is 17.3 Å². The Morgan fingerprint density at radius 3 is 2.79 bits per heavy atom. The predicted molar refractivity (Wildman–Crippen MR) is 81.7 cm³/mol. The molecule has 100 valence electrons. The summed E-state index contributed by atoms with van der Waals surface area (Å²) in [5.41, 5.74) is 7.25. The first-order valence-electron chi connectivity index (χ1n) is 5.48. The summed E-state index contributed by atoms with van der Waals surface area (Å²) < 4.78 is 15.5. The van der Waals surface area contributed by atoms with Crippen LogP contribution in [-0.2, 0) is 6.42 Å². The van der Waals surface area contributed by atoms with Gasteiger partial charge in [0.05, 0.1) is 16.8 Å². The van der Waals surface area contributed by atoms with Crippen molar-refractivity contribution in [2.75, 3.05) is 0 Å². The monoisotopic (exact) mass is 406 g/mol. The maximum absolute atomic E-state index is 13.8. The summed E-state index contributed by atoms with van der Waals surface area (Å²) in [7, 11) is 0. The highest BCUT2D eigenvalue weighted by molar-refractivity contribution is 9.11. The largest absolute Gasteiger partial charge is 0.322 e. The molecule has 0 aliphatic rings. The van der Waals surface area contributed by atoms with Crippen molar-refractivity contribution in [1.29, 1.82) is 0 Å². The Labute approximate surface area is 132 Å². The molecule has 2 N–H and O–H groups in total. The molecule has 2 aromatic rings. The van der Waals surface area contributed by atoms with Gasteiger partial charge in [0, 0.05) is 15.1 Å². The van der Waals surface area contributed by atoms with Crippen molar-refractivity contribution < 1.29 is 4.39 Å². The van der Waals surface area contributed by atoms with Gasteiger partial charge in [-0.05, 0) is 56.0 Å². The van der Waals surface area contributed by atoms with Gasteiger partial charge in [-0.15, -0.1) is 0 Å². The molecule has 0 amide bonds. The summed E-state index contributed by atoms with van der Waals surface area (Å²) in [6.45, 7) is 0. The number of aromatic nitrogens is 1. The van der Waals surface area contributed by atoms with E-state index in [-0.39, 0.29) is 5.02 Å². The third-order valence-corrected chi connectivity index (χ3v) is 4.02. The number of rotatable bonds is 3. The molecule has 1 atom stereocenters. The third-order valence-electron chi connectivity index (χ3n) is 2.66. The van der Waals surface area contributed by atoms with E-state index in [2.05, 4.69) is 36.8 Å². The summed E-state index contributed by atoms with van der Waals surface area (Å²) in [6.07, 6.45) is 1.99. The Kier molecular flexibility index (Phi) is 4.95. The molecule has 0 bridgehead atoms. The summed E-state index contributed by atoms with van der Waals surface area (Å²) in [4.78, 5) is 4.25. The lowest BCUT2D eigenvalue weighted by Crippen LogP contribution is -2.16. The van der Waals surface area contributed by atoms with E-state index >= 15 is 0 Å². The zero-order chi connectivity index (χ0) is 14.0. The average molecular weight is 408 g/mol. The van der Waals surface area contributed by atoms with Crippen molar-refractivity contribution >= 4 is 43.5 Å². The van der Waals surface area contributed by atoms with Crippen molar-refractivity contribution in [3.63, 3.8) is 0 Å². The molecule has 0 aliphatic heterocycles. The molecular weight excluding hydrogens is 398 g/mol. The Balaban J connectivity index is 2.25. The van der Waals surface area contributed by atoms with Gasteiger partial charge >= 0.3 is 0 Å². The van der Waals surface area contributed by atoms with Crippen LogP contribution in [-0.4, -0.2) is 4.98 Å². The second kappa shape index (κ2) is 6.31. The molecule has 2 nitrogen and oxygen atoms in total. The third kappa shape index (κ3) is 3.54. The quantitative estimate of drug-likeness (QED) is 0.804. The standard InChI is InChI=1S/C13H10Br2ClFN2/c14-8-5-9(15)13(19-6-8)11(18)4-7-2-1-3-10(16)12(7)17/h1-3,5-6,11H,4,18H2. The van der Waals surface area contributed by atoms with Crippen molar-refractivity contribution in [1.82, 2.24) is 4.98 Å². The maximum atomic E-state index is 13.8. The average Bonchev–Trinajstić information content (AvgIpc) is 2.34. The number of hydrogen-bond donors (Lipinski definition) is 1. The Hall–Kier alpha value is -0.490. The molecule has 1 heterocycles. The summed E-state index contributed by atoms with van der Waals surface area (Å²) >= 11 is 12.5. The van der Waals surface area contributed by atoms with Crippen LogP contribution in [0.15, 0.2) is 39.4 Å². The number of benzene rings is 1. The van der Waals surface area contributed by atoms with Crippen LogP contribution in [0.1, 0.15) is 17.3 Å². The van der Waals surface area contributed by atoms with E-state index in [0.717, 1.165) is 8.95 Å². The maximum Gasteiger partial charge on any atom is 0.145 e. The predicted octanol–water partition coefficient (Wildman–Crippen LogP) is 4.64. The number of nitrogens with two attached hydrogens (primary N) is 1. The first-order valence-corrected chi connectivity index (χ1v) is 7.45. The highest BCUT2D eigenvalue weighted by Crippen LogP contribution is 2.27. The highest BCUT2D eigenvalue weighted by atomic mass is 79.9. The highest BCUT2D eigenvalue weighted by Gasteiger charge is 2.15. The normalized spacial score (nSPS) is 12.5. The molecule has 0 saturated heterocycles. The zero-order valence-electron chi connectivity index (χ0n) is 9.71. The van der Waals surface area contributed by atoms with Crippen LogP contribution in [0.5, 0.6) is 0 Å². The minimum absolute atomic E-state index is 0.104. The van der Waals surface area contributed by atoms with Crippen LogP contribution in [0, 0.1) is 5.82 Å². The van der Waals surface area contributed by atoms with Gasteiger partial charge in [0.15, 0.2) is 0 Å². The molecule has 1 aromatic carbocycles. The lowest BCUT2D eigenvalue weighted by Gasteiger charge is -2.14. The van der Waals surface area contributed by atoms with Crippen molar-refractivity contribution in [2.24, 2.45) is 5.73 Å². The van der Waals surface area contributed by atoms with Gasteiger partial charge in [0.2, 0.25) is 0 Å². The van der Waals surface area contributed by atoms with Crippen molar-refractivity contribution in [3.8, 4) is 0 Å². The van der Waals surface area contributed by atoms with E-state index in [9.17, 15) is 4.39 Å². The van der Waals surface area contributed by atoms with E-state index in [1.54, 1.807) is 18.3 Å². The molecule has 2 rings (SSSR count). The van der Waals surface area contributed by atoms with Crippen molar-refractivity contribution in [3.05, 3.63) is 61.5 Å². The van der Waals surface area contributed by atoms with Gasteiger partial charge in [0.25, 0.3) is 0 Å². The summed E-state index contributed by atoms with van der Waals surface area (Å²) in [6, 6.07) is 6.34. The summed E-state index contributed by atoms with van der Waals surface area (Å²) in [5.74, 6) is -0.423. The van der Waals surface area contributed by atoms with Gasteiger partial charge in [-0.1, -0.05) is 23.7 Å². The Bertz CT molecular complexity index is 607. The Morgan fingerprint density at radius 1 is 1.37 bits per heavy atom. The molecule has 1 unspecified atom stereocenters. The van der Waals surface area contributed by atoms with E-state index < -0.39 is 11.9 Å². The summed E-state index contributed by atoms with van der Waals surface area (Å²) in [5, 5.41) is 0.104. The molecule has 1 aromatic heterocycles. The molecule has 0 fully saturated rings. The molecule has 0 spiro atoms. The van der Waals surface area contributed by atoms with Crippen LogP contribution in [0.25, 0.3) is 0 Å². The van der Waals surface area contributed by atoms with Gasteiger partial charge < -0.3 is 5.73 Å². The van der Waals surface area contributed by atoms with Gasteiger partial charge in [-0.2, -0.15) is 0 Å². The van der Waals surface area contributed by atoms with Crippen LogP contribution >= 0.6 is 43.5 Å². The lowest BCUT2D eigenvalue weighted by molar-refractivity contribution is 0.589. The molecular formula is C13H10Br2ClFN2. The van der Waals surface area contributed by atoms with Crippen LogP contribution in [0.4, 0.5) is 4.39 Å². The van der Waals surface area contributed by atoms with Gasteiger partial charge in [0.1, 0.15) is 5.82 Å². The Morgan fingerprint density at radius 2 is 2.11 bits per heavy atom. The first-order chi connectivity index (χ1) is 8.99. The number of hydrogen-bond acceptors (Lipinski definition) is 2. The van der Waals surface area contributed by atoms with E-state index in [1.807, 2.05) is 6.07 Å². The number of halogens is 4. The van der Waals surface area contributed by atoms with Crippen molar-refractivity contribution in [2.45, 2.75) is 12.5 Å². The zero-order valence-corrected chi connectivity index (χ0v) is 13.6. The molecule has 0 aliphatic carbocycles. The van der Waals surface area contributed by atoms with Crippen LogP contribution in [0.3, 0.4) is 0 Å². The second-order valence-electron chi connectivity index (χ2n) is 4.04. The van der Waals surface area contributed by atoms with Crippen LogP contribution < -0.4 is 5.73 Å². The molecule has 0 radical (unpaired) electrons. The fraction of sp³-hybridized carbons (Fsp3) is 0.154. The van der Waals surface area contributed by atoms with E-state index in [0.29, 0.717) is 17.7 Å². The van der Waals surface area contributed by atoms with Gasteiger partial charge in [-0.3, -0.25) is 4.98 Å². The topological polar surface area (TPSA) is 38.9 Å². The smallest absolute Gasteiger partial charge is 0.145 e. The van der Waals surface area contributed by atoms with Crippen LogP contribution in [0.2, 0.25) is 5.02 Å². The first kappa shape index (κ1) is 14.9. The fourth-order valence-corrected chi connectivity index (χ4v) is 3.21. The lowest BCUT2D eigenvalue weighted by atomic mass is 10.0. The van der Waals surface area contributed by atoms with E-state index in [1.165, 1.54) is 6.07 Å². The number of pyridine rings is 1. The molecule has 6 heteroatoms. The minimum atomic E-state index is -0.423. The van der Waals surface area contributed by atoms with Gasteiger partial charge in [-0.25, -0.2) is 4.39 Å². The SMILES string of the molecule is NC(Cc1cccc(Cl)c1F)c1ncc(Br)cc1Br. The number of nitrogens with zero attached hydrogens (tertiary/aromatic N) is 1. The molecule has 19 heavy (non-hydrogen) atoms. The fourth-order valence-electron chi connectivity index (χ4n) is 1.74. The second-order valence-corrected chi connectivity index (χ2v) is 6.22.